The zero-order valence-electron chi connectivity index (χ0n) is 11.5. The average Bonchev–Trinajstić information content (AvgIpc) is 2.92. The van der Waals surface area contributed by atoms with Gasteiger partial charge >= 0.3 is 0 Å². The van der Waals surface area contributed by atoms with Crippen LogP contribution in [0, 0.1) is 5.92 Å². The van der Waals surface area contributed by atoms with Crippen molar-refractivity contribution < 1.29 is 4.79 Å². The molecule has 2 heteroatoms. The van der Waals surface area contributed by atoms with Gasteiger partial charge in [-0.3, -0.25) is 4.79 Å². The van der Waals surface area contributed by atoms with Crippen molar-refractivity contribution in [3.8, 4) is 0 Å². The van der Waals surface area contributed by atoms with Crippen molar-refractivity contribution in [3.63, 3.8) is 0 Å². The molecule has 0 heterocycles. The summed E-state index contributed by atoms with van der Waals surface area (Å²) in [4.78, 5) is 12.2. The van der Waals surface area contributed by atoms with Crippen molar-refractivity contribution in [1.29, 1.82) is 0 Å². The molecule has 2 aliphatic carbocycles. The number of nitrogens with one attached hydrogen (secondary N) is 1. The SMILES string of the molecule is O=C(NCC1(c2ccccc2)CCC1)C1CCCC1. The van der Waals surface area contributed by atoms with Crippen molar-refractivity contribution in [3.05, 3.63) is 35.9 Å². The van der Waals surface area contributed by atoms with Gasteiger partial charge in [-0.1, -0.05) is 49.6 Å². The Morgan fingerprint density at radius 2 is 1.79 bits per heavy atom. The predicted octanol–water partition coefficient (Wildman–Crippen LogP) is 3.41. The molecule has 0 bridgehead atoms. The van der Waals surface area contributed by atoms with Crippen LogP contribution in [0.1, 0.15) is 50.5 Å². The van der Waals surface area contributed by atoms with Gasteiger partial charge in [-0.05, 0) is 31.2 Å². The Kier molecular flexibility index (Phi) is 3.58. The van der Waals surface area contributed by atoms with Gasteiger partial charge in [0, 0.05) is 17.9 Å². The van der Waals surface area contributed by atoms with E-state index in [0.717, 1.165) is 19.4 Å². The lowest BCUT2D eigenvalue weighted by Gasteiger charge is -2.42. The molecule has 0 saturated heterocycles. The largest absolute Gasteiger partial charge is 0.355 e. The van der Waals surface area contributed by atoms with Crippen LogP contribution >= 0.6 is 0 Å². The predicted molar refractivity (Wildman–Crippen MR) is 76.9 cm³/mol. The second kappa shape index (κ2) is 5.36. The van der Waals surface area contributed by atoms with Gasteiger partial charge in [0.1, 0.15) is 0 Å². The Hall–Kier alpha value is -1.31. The summed E-state index contributed by atoms with van der Waals surface area (Å²) in [6, 6.07) is 10.7. The minimum Gasteiger partial charge on any atom is -0.355 e. The Balaban J connectivity index is 1.62. The van der Waals surface area contributed by atoms with E-state index >= 15 is 0 Å². The van der Waals surface area contributed by atoms with E-state index in [2.05, 4.69) is 35.6 Å². The van der Waals surface area contributed by atoms with Gasteiger partial charge in [-0.2, -0.15) is 0 Å². The van der Waals surface area contributed by atoms with Crippen LogP contribution in [0.2, 0.25) is 0 Å². The maximum atomic E-state index is 12.2. The Bertz CT molecular complexity index is 430. The molecule has 19 heavy (non-hydrogen) atoms. The summed E-state index contributed by atoms with van der Waals surface area (Å²) < 4.78 is 0. The fourth-order valence-corrected chi connectivity index (χ4v) is 3.55. The quantitative estimate of drug-likeness (QED) is 0.880. The third kappa shape index (κ3) is 2.54. The number of benzene rings is 1. The van der Waals surface area contributed by atoms with Gasteiger partial charge in [0.05, 0.1) is 0 Å². The molecule has 0 aromatic heterocycles. The van der Waals surface area contributed by atoms with Crippen molar-refractivity contribution in [1.82, 2.24) is 5.32 Å². The van der Waals surface area contributed by atoms with E-state index in [0.29, 0.717) is 5.91 Å². The second-order valence-corrected chi connectivity index (χ2v) is 6.20. The fourth-order valence-electron chi connectivity index (χ4n) is 3.55. The zero-order valence-corrected chi connectivity index (χ0v) is 11.5. The summed E-state index contributed by atoms with van der Waals surface area (Å²) >= 11 is 0. The summed E-state index contributed by atoms with van der Waals surface area (Å²) in [6.45, 7) is 0.826. The molecular weight excluding hydrogens is 234 g/mol. The smallest absolute Gasteiger partial charge is 0.223 e. The number of carbonyl (C=O) groups is 1. The highest BCUT2D eigenvalue weighted by Crippen LogP contribution is 2.43. The molecule has 1 amide bonds. The lowest BCUT2D eigenvalue weighted by Crippen LogP contribution is -2.46. The third-order valence-electron chi connectivity index (χ3n) is 5.02. The van der Waals surface area contributed by atoms with Crippen LogP contribution in [-0.2, 0) is 10.2 Å². The molecule has 1 N–H and O–H groups in total. The first-order chi connectivity index (χ1) is 9.30. The standard InChI is InChI=1S/C17H23NO/c19-16(14-7-4-5-8-14)18-13-17(11-6-12-17)15-9-2-1-3-10-15/h1-3,9-10,14H,4-8,11-13H2,(H,18,19). The molecule has 1 aromatic rings. The van der Waals surface area contributed by atoms with Crippen LogP contribution in [0.15, 0.2) is 30.3 Å². The molecule has 2 aliphatic rings. The van der Waals surface area contributed by atoms with E-state index in [1.807, 2.05) is 0 Å². The first-order valence-electron chi connectivity index (χ1n) is 7.63. The van der Waals surface area contributed by atoms with Crippen LogP contribution < -0.4 is 5.32 Å². The van der Waals surface area contributed by atoms with Gasteiger partial charge in [0.15, 0.2) is 0 Å². The summed E-state index contributed by atoms with van der Waals surface area (Å²) in [7, 11) is 0. The first-order valence-corrected chi connectivity index (χ1v) is 7.63. The van der Waals surface area contributed by atoms with Gasteiger partial charge in [-0.25, -0.2) is 0 Å². The number of hydrogen-bond acceptors (Lipinski definition) is 1. The molecule has 3 rings (SSSR count). The molecule has 0 spiro atoms. The molecule has 0 radical (unpaired) electrons. The summed E-state index contributed by atoms with van der Waals surface area (Å²) in [5.41, 5.74) is 1.61. The Labute approximate surface area is 115 Å². The summed E-state index contributed by atoms with van der Waals surface area (Å²) in [5, 5.41) is 3.23. The minimum absolute atomic E-state index is 0.218. The topological polar surface area (TPSA) is 29.1 Å². The molecule has 2 nitrogen and oxygen atoms in total. The highest BCUT2D eigenvalue weighted by molar-refractivity contribution is 5.79. The van der Waals surface area contributed by atoms with Crippen LogP contribution in [0.25, 0.3) is 0 Å². The Morgan fingerprint density at radius 3 is 2.37 bits per heavy atom. The van der Waals surface area contributed by atoms with E-state index in [1.54, 1.807) is 0 Å². The normalized spacial score (nSPS) is 21.9. The van der Waals surface area contributed by atoms with Crippen molar-refractivity contribution in [2.45, 2.75) is 50.4 Å². The highest BCUT2D eigenvalue weighted by Gasteiger charge is 2.39. The van der Waals surface area contributed by atoms with Crippen molar-refractivity contribution in [2.75, 3.05) is 6.54 Å². The van der Waals surface area contributed by atoms with Crippen molar-refractivity contribution >= 4 is 5.91 Å². The number of hydrogen-bond donors (Lipinski definition) is 1. The first kappa shape index (κ1) is 12.7. The number of rotatable bonds is 4. The second-order valence-electron chi connectivity index (χ2n) is 6.20. The zero-order chi connectivity index (χ0) is 13.1. The maximum absolute atomic E-state index is 12.2. The summed E-state index contributed by atoms with van der Waals surface area (Å²) in [5.74, 6) is 0.576. The van der Waals surface area contributed by atoms with Crippen molar-refractivity contribution in [2.24, 2.45) is 5.92 Å². The molecule has 2 fully saturated rings. The lowest BCUT2D eigenvalue weighted by atomic mass is 9.64. The molecule has 102 valence electrons. The van der Waals surface area contributed by atoms with Gasteiger partial charge in [0.2, 0.25) is 5.91 Å². The molecular formula is C17H23NO. The van der Waals surface area contributed by atoms with Crippen LogP contribution in [0.3, 0.4) is 0 Å². The molecule has 0 unspecified atom stereocenters. The number of carbonyl (C=O) groups excluding carboxylic acids is 1. The van der Waals surface area contributed by atoms with E-state index < -0.39 is 0 Å². The Morgan fingerprint density at radius 1 is 1.11 bits per heavy atom. The van der Waals surface area contributed by atoms with E-state index in [9.17, 15) is 4.79 Å². The van der Waals surface area contributed by atoms with Gasteiger partial charge in [-0.15, -0.1) is 0 Å². The van der Waals surface area contributed by atoms with E-state index in [-0.39, 0.29) is 11.3 Å². The van der Waals surface area contributed by atoms with Crippen LogP contribution in [0.4, 0.5) is 0 Å². The van der Waals surface area contributed by atoms with E-state index in [4.69, 9.17) is 0 Å². The monoisotopic (exact) mass is 257 g/mol. The van der Waals surface area contributed by atoms with Gasteiger partial charge < -0.3 is 5.32 Å². The highest BCUT2D eigenvalue weighted by atomic mass is 16.1. The fraction of sp³-hybridized carbons (Fsp3) is 0.588. The van der Waals surface area contributed by atoms with E-state index in [1.165, 1.54) is 37.7 Å². The molecule has 0 aliphatic heterocycles. The van der Waals surface area contributed by atoms with Crippen LogP contribution in [-0.4, -0.2) is 12.5 Å². The average molecular weight is 257 g/mol. The maximum Gasteiger partial charge on any atom is 0.223 e. The molecule has 1 aromatic carbocycles. The minimum atomic E-state index is 0.218. The number of amides is 1. The van der Waals surface area contributed by atoms with Gasteiger partial charge in [0.25, 0.3) is 0 Å². The third-order valence-corrected chi connectivity index (χ3v) is 5.02. The summed E-state index contributed by atoms with van der Waals surface area (Å²) in [6.07, 6.45) is 8.33. The molecule has 2 saturated carbocycles. The lowest BCUT2D eigenvalue weighted by molar-refractivity contribution is -0.125. The van der Waals surface area contributed by atoms with Crippen LogP contribution in [0.5, 0.6) is 0 Å². The molecule has 0 atom stereocenters.